The summed E-state index contributed by atoms with van der Waals surface area (Å²) < 4.78 is 13.4. The molecule has 2 saturated heterocycles. The number of likely N-dealkylation sites (tertiary alicyclic amines) is 1. The van der Waals surface area contributed by atoms with Crippen LogP contribution in [0.2, 0.25) is 0 Å². The van der Waals surface area contributed by atoms with Crippen LogP contribution < -0.4 is 4.74 Å². The van der Waals surface area contributed by atoms with Crippen LogP contribution in [0.5, 0.6) is 11.5 Å². The van der Waals surface area contributed by atoms with Gasteiger partial charge in [0, 0.05) is 32.4 Å². The van der Waals surface area contributed by atoms with Crippen molar-refractivity contribution < 1.29 is 24.2 Å². The van der Waals surface area contributed by atoms with E-state index in [0.717, 1.165) is 18.7 Å². The lowest BCUT2D eigenvalue weighted by atomic mass is 9.96. The third-order valence-electron chi connectivity index (χ3n) is 7.76. The molecule has 1 N–H and O–H groups in total. The van der Waals surface area contributed by atoms with E-state index in [4.69, 9.17) is 9.47 Å². The zero-order valence-corrected chi connectivity index (χ0v) is 23.1. The molecule has 9 nitrogen and oxygen atoms in total. The van der Waals surface area contributed by atoms with Gasteiger partial charge in [-0.25, -0.2) is 4.98 Å². The first kappa shape index (κ1) is 26.7. The molecule has 1 atom stereocenters. The Balaban J connectivity index is 1.44. The van der Waals surface area contributed by atoms with Crippen molar-refractivity contribution in [3.8, 4) is 11.5 Å². The highest BCUT2D eigenvalue weighted by Crippen LogP contribution is 2.41. The van der Waals surface area contributed by atoms with Crippen molar-refractivity contribution in [3.05, 3.63) is 101 Å². The Bertz CT molecular complexity index is 1640. The Labute approximate surface area is 238 Å². The number of ketones is 1. The van der Waals surface area contributed by atoms with Gasteiger partial charge in [0.15, 0.2) is 5.76 Å². The first-order chi connectivity index (χ1) is 19.9. The quantitative estimate of drug-likeness (QED) is 0.205. The van der Waals surface area contributed by atoms with Crippen molar-refractivity contribution in [2.75, 3.05) is 39.4 Å². The topological polar surface area (TPSA) is 96.6 Å². The van der Waals surface area contributed by atoms with E-state index in [-0.39, 0.29) is 17.0 Å². The summed E-state index contributed by atoms with van der Waals surface area (Å²) in [5, 5.41) is 11.7. The minimum atomic E-state index is -0.805. The van der Waals surface area contributed by atoms with Crippen LogP contribution in [0.15, 0.2) is 78.5 Å². The van der Waals surface area contributed by atoms with Gasteiger partial charge in [0.2, 0.25) is 0 Å². The summed E-state index contributed by atoms with van der Waals surface area (Å²) in [4.78, 5) is 35.6. The second-order valence-electron chi connectivity index (χ2n) is 10.4. The lowest BCUT2D eigenvalue weighted by Crippen LogP contribution is -2.42. The fourth-order valence-electron chi connectivity index (χ4n) is 5.58. The average molecular weight is 553 g/mol. The second-order valence-corrected chi connectivity index (χ2v) is 10.4. The summed E-state index contributed by atoms with van der Waals surface area (Å²) in [5.74, 6) is -0.417. The van der Waals surface area contributed by atoms with Crippen LogP contribution in [0.1, 0.15) is 28.6 Å². The van der Waals surface area contributed by atoms with E-state index in [1.807, 2.05) is 91.2 Å². The van der Waals surface area contributed by atoms with E-state index in [9.17, 15) is 14.7 Å². The van der Waals surface area contributed by atoms with Gasteiger partial charge in [0.25, 0.3) is 11.7 Å². The minimum Gasteiger partial charge on any atom is -0.505 e. The van der Waals surface area contributed by atoms with E-state index >= 15 is 0 Å². The number of ether oxygens (including phenoxy) is 2. The van der Waals surface area contributed by atoms with Gasteiger partial charge in [-0.2, -0.15) is 0 Å². The zero-order valence-electron chi connectivity index (χ0n) is 23.1. The maximum atomic E-state index is 13.6. The number of aliphatic hydroxyl groups is 1. The molecule has 0 spiro atoms. The molecule has 2 aromatic carbocycles. The fraction of sp³-hybridized carbons (Fsp3) is 0.281. The highest BCUT2D eigenvalue weighted by molar-refractivity contribution is 6.46. The number of benzene rings is 2. The molecule has 0 aliphatic carbocycles. The molecule has 210 valence electrons. The van der Waals surface area contributed by atoms with E-state index in [1.54, 1.807) is 4.90 Å². The van der Waals surface area contributed by atoms with Crippen molar-refractivity contribution in [2.45, 2.75) is 19.9 Å². The number of aromatic nitrogens is 2. The third kappa shape index (κ3) is 5.10. The molecule has 4 heterocycles. The molecule has 2 aliphatic rings. The first-order valence-corrected chi connectivity index (χ1v) is 13.8. The van der Waals surface area contributed by atoms with E-state index in [0.29, 0.717) is 54.7 Å². The maximum absolute atomic E-state index is 13.6. The number of aliphatic hydroxyl groups excluding tert-OH is 1. The monoisotopic (exact) mass is 552 g/mol. The van der Waals surface area contributed by atoms with Crippen LogP contribution in [-0.4, -0.2) is 75.4 Å². The lowest BCUT2D eigenvalue weighted by molar-refractivity contribution is -0.140. The molecule has 2 aliphatic heterocycles. The van der Waals surface area contributed by atoms with Gasteiger partial charge in [-0.3, -0.25) is 14.5 Å². The smallest absolute Gasteiger partial charge is 0.295 e. The summed E-state index contributed by atoms with van der Waals surface area (Å²) in [7, 11) is 0. The number of hydrogen-bond acceptors (Lipinski definition) is 7. The Morgan fingerprint density at radius 2 is 1.73 bits per heavy atom. The van der Waals surface area contributed by atoms with Crippen LogP contribution in [0, 0.1) is 13.8 Å². The molecule has 1 amide bonds. The van der Waals surface area contributed by atoms with Crippen LogP contribution in [0.3, 0.4) is 0 Å². The molecule has 0 saturated carbocycles. The number of carbonyl (C=O) groups excluding carboxylic acids is 2. The van der Waals surface area contributed by atoms with Gasteiger partial charge in [0.1, 0.15) is 22.8 Å². The number of Topliss-reactive ketones (excluding diaryl/α,β-unsaturated/α-hetero) is 1. The SMILES string of the molecule is Cc1cccn2c(C)c(C(O)=C3C(=O)C(=O)N(CCN4CCOCC4)C3c3cccc(Oc4ccccc4)c3)nc12. The molecule has 0 radical (unpaired) electrons. The second kappa shape index (κ2) is 11.2. The predicted molar refractivity (Wildman–Crippen MR) is 154 cm³/mol. The third-order valence-corrected chi connectivity index (χ3v) is 7.76. The summed E-state index contributed by atoms with van der Waals surface area (Å²) in [6.07, 6.45) is 1.87. The molecule has 2 aromatic heterocycles. The number of carbonyl (C=O) groups is 2. The van der Waals surface area contributed by atoms with Crippen molar-refractivity contribution in [3.63, 3.8) is 0 Å². The van der Waals surface area contributed by atoms with Crippen molar-refractivity contribution >= 4 is 23.1 Å². The predicted octanol–water partition coefficient (Wildman–Crippen LogP) is 4.50. The lowest BCUT2D eigenvalue weighted by Gasteiger charge is -2.31. The number of hydrogen-bond donors (Lipinski definition) is 1. The van der Waals surface area contributed by atoms with Crippen LogP contribution >= 0.6 is 0 Å². The summed E-state index contributed by atoms with van der Waals surface area (Å²) in [6, 6.07) is 19.8. The number of imidazole rings is 1. The van der Waals surface area contributed by atoms with E-state index in [2.05, 4.69) is 9.88 Å². The van der Waals surface area contributed by atoms with Crippen molar-refractivity contribution in [2.24, 2.45) is 0 Å². The van der Waals surface area contributed by atoms with Gasteiger partial charge in [-0.05, 0) is 55.3 Å². The number of para-hydroxylation sites is 1. The number of rotatable bonds is 7. The van der Waals surface area contributed by atoms with Gasteiger partial charge in [-0.1, -0.05) is 36.4 Å². The van der Waals surface area contributed by atoms with Crippen LogP contribution in [-0.2, 0) is 14.3 Å². The Morgan fingerprint density at radius 3 is 2.49 bits per heavy atom. The minimum absolute atomic E-state index is 0.0259. The molecular formula is C32H32N4O5. The summed E-state index contributed by atoms with van der Waals surface area (Å²) in [6.45, 7) is 7.46. The zero-order chi connectivity index (χ0) is 28.5. The number of pyridine rings is 1. The number of morpholine rings is 1. The van der Waals surface area contributed by atoms with Gasteiger partial charge in [0.05, 0.1) is 30.5 Å². The number of aryl methyl sites for hydroxylation is 2. The number of amides is 1. The average Bonchev–Trinajstić information content (AvgIpc) is 3.47. The molecule has 41 heavy (non-hydrogen) atoms. The Hall–Kier alpha value is -4.47. The molecule has 0 bridgehead atoms. The standard InChI is InChI=1S/C32H32N4O5/c1-21-8-7-13-35-22(2)27(33-31(21)35)29(37)26-28(23-9-6-12-25(20-23)41-24-10-4-3-5-11-24)36(32(39)30(26)38)15-14-34-16-18-40-19-17-34/h3-13,20,28,37H,14-19H2,1-2H3. The normalized spacial score (nSPS) is 19.3. The molecule has 6 rings (SSSR count). The maximum Gasteiger partial charge on any atom is 0.295 e. The van der Waals surface area contributed by atoms with Gasteiger partial charge in [-0.15, -0.1) is 0 Å². The largest absolute Gasteiger partial charge is 0.505 e. The first-order valence-electron chi connectivity index (χ1n) is 13.8. The van der Waals surface area contributed by atoms with Gasteiger partial charge < -0.3 is 23.9 Å². The van der Waals surface area contributed by atoms with Crippen molar-refractivity contribution in [1.82, 2.24) is 19.2 Å². The molecule has 2 fully saturated rings. The van der Waals surface area contributed by atoms with Crippen LogP contribution in [0.25, 0.3) is 11.4 Å². The Morgan fingerprint density at radius 1 is 0.976 bits per heavy atom. The molecule has 1 unspecified atom stereocenters. The van der Waals surface area contributed by atoms with E-state index < -0.39 is 17.7 Å². The van der Waals surface area contributed by atoms with Crippen molar-refractivity contribution in [1.29, 1.82) is 0 Å². The Kier molecular flexibility index (Phi) is 7.30. The molecule has 4 aromatic rings. The highest BCUT2D eigenvalue weighted by atomic mass is 16.5. The number of fused-ring (bicyclic) bond motifs is 1. The van der Waals surface area contributed by atoms with E-state index in [1.165, 1.54) is 0 Å². The molecule has 9 heteroatoms. The highest BCUT2D eigenvalue weighted by Gasteiger charge is 2.46. The molecular weight excluding hydrogens is 520 g/mol. The van der Waals surface area contributed by atoms with Gasteiger partial charge >= 0.3 is 0 Å². The summed E-state index contributed by atoms with van der Waals surface area (Å²) in [5.41, 5.74) is 3.27. The summed E-state index contributed by atoms with van der Waals surface area (Å²) >= 11 is 0. The fourth-order valence-corrected chi connectivity index (χ4v) is 5.58. The number of nitrogens with zero attached hydrogens (tertiary/aromatic N) is 4. The van der Waals surface area contributed by atoms with Crippen LogP contribution in [0.4, 0.5) is 0 Å².